The molecule has 0 aliphatic carbocycles. The first-order valence-corrected chi connectivity index (χ1v) is 4.68. The number of nitrogens with one attached hydrogen (secondary N) is 1. The van der Waals surface area contributed by atoms with E-state index >= 15 is 0 Å². The molecule has 0 fully saturated rings. The summed E-state index contributed by atoms with van der Waals surface area (Å²) in [6.07, 6.45) is 0.524. The van der Waals surface area contributed by atoms with E-state index < -0.39 is 0 Å². The Labute approximate surface area is 90.2 Å². The third-order valence-corrected chi connectivity index (χ3v) is 2.63. The molecule has 0 radical (unpaired) electrons. The van der Waals surface area contributed by atoms with Crippen LogP contribution in [-0.4, -0.2) is 20.6 Å². The van der Waals surface area contributed by atoms with Gasteiger partial charge in [0, 0.05) is 6.42 Å². The van der Waals surface area contributed by atoms with Crippen molar-refractivity contribution in [1.82, 2.24) is 20.6 Å². The van der Waals surface area contributed by atoms with Gasteiger partial charge in [0.05, 0.1) is 10.0 Å². The highest BCUT2D eigenvalue weighted by Gasteiger charge is 2.07. The Morgan fingerprint density at radius 2 is 2.14 bits per heavy atom. The minimum atomic E-state index is 0.524. The zero-order valence-corrected chi connectivity index (χ0v) is 8.55. The fourth-order valence-electron chi connectivity index (χ4n) is 1.11. The molecule has 1 aromatic carbocycles. The van der Waals surface area contributed by atoms with Gasteiger partial charge < -0.3 is 0 Å². The standard InChI is InChI=1S/C8H6Cl2N4/c9-6-3-1-2-5(8(6)10)4-7-11-13-14-12-7/h1-3H,4H2,(H,11,12,13,14). The molecule has 2 aromatic rings. The quantitative estimate of drug-likeness (QED) is 0.857. The van der Waals surface area contributed by atoms with E-state index in [4.69, 9.17) is 23.2 Å². The second-order valence-electron chi connectivity index (χ2n) is 2.72. The smallest absolute Gasteiger partial charge is 0.177 e. The van der Waals surface area contributed by atoms with Crippen molar-refractivity contribution in [2.45, 2.75) is 6.42 Å². The Kier molecular flexibility index (Phi) is 2.65. The molecule has 0 aliphatic rings. The Morgan fingerprint density at radius 1 is 1.29 bits per heavy atom. The number of rotatable bonds is 2. The molecule has 1 N–H and O–H groups in total. The molecule has 0 unspecified atom stereocenters. The lowest BCUT2D eigenvalue weighted by molar-refractivity contribution is 0.881. The molecule has 2 rings (SSSR count). The lowest BCUT2D eigenvalue weighted by atomic mass is 10.1. The maximum Gasteiger partial charge on any atom is 0.178 e. The van der Waals surface area contributed by atoms with Crippen molar-refractivity contribution in [1.29, 1.82) is 0 Å². The highest BCUT2D eigenvalue weighted by Crippen LogP contribution is 2.26. The zero-order valence-electron chi connectivity index (χ0n) is 7.04. The van der Waals surface area contributed by atoms with E-state index in [0.29, 0.717) is 22.3 Å². The van der Waals surface area contributed by atoms with Crippen LogP contribution in [0.5, 0.6) is 0 Å². The second-order valence-corrected chi connectivity index (χ2v) is 3.50. The number of benzene rings is 1. The van der Waals surface area contributed by atoms with Crippen LogP contribution in [0.2, 0.25) is 10.0 Å². The third kappa shape index (κ3) is 1.86. The normalized spacial score (nSPS) is 10.4. The van der Waals surface area contributed by atoms with Crippen LogP contribution in [0.1, 0.15) is 11.4 Å². The van der Waals surface area contributed by atoms with Crippen LogP contribution < -0.4 is 0 Å². The molecular weight excluding hydrogens is 223 g/mol. The van der Waals surface area contributed by atoms with Crippen LogP contribution in [0.4, 0.5) is 0 Å². The number of halogens is 2. The summed E-state index contributed by atoms with van der Waals surface area (Å²) in [4.78, 5) is 0. The molecular formula is C8H6Cl2N4. The Morgan fingerprint density at radius 3 is 2.86 bits per heavy atom. The summed E-state index contributed by atoms with van der Waals surface area (Å²) in [6, 6.07) is 5.46. The number of aromatic amines is 1. The maximum absolute atomic E-state index is 5.99. The van der Waals surface area contributed by atoms with Crippen molar-refractivity contribution in [2.24, 2.45) is 0 Å². The monoisotopic (exact) mass is 228 g/mol. The Hall–Kier alpha value is -1.13. The fourth-order valence-corrected chi connectivity index (χ4v) is 1.50. The van der Waals surface area contributed by atoms with Gasteiger partial charge in [-0.1, -0.05) is 40.5 Å². The van der Waals surface area contributed by atoms with Crippen LogP contribution in [0, 0.1) is 0 Å². The van der Waals surface area contributed by atoms with E-state index in [0.717, 1.165) is 5.56 Å². The van der Waals surface area contributed by atoms with Gasteiger partial charge in [0.2, 0.25) is 0 Å². The van der Waals surface area contributed by atoms with Crippen LogP contribution in [-0.2, 0) is 6.42 Å². The van der Waals surface area contributed by atoms with Gasteiger partial charge in [-0.15, -0.1) is 10.2 Å². The Bertz CT molecular complexity index is 427. The molecule has 0 aliphatic heterocycles. The van der Waals surface area contributed by atoms with Crippen molar-refractivity contribution in [3.05, 3.63) is 39.6 Å². The van der Waals surface area contributed by atoms with Gasteiger partial charge in [0.1, 0.15) is 0 Å². The summed E-state index contributed by atoms with van der Waals surface area (Å²) in [5.74, 6) is 0.592. The molecule has 0 atom stereocenters. The van der Waals surface area contributed by atoms with E-state index in [1.807, 2.05) is 12.1 Å². The summed E-state index contributed by atoms with van der Waals surface area (Å²) in [6.45, 7) is 0. The highest BCUT2D eigenvalue weighted by molar-refractivity contribution is 6.42. The van der Waals surface area contributed by atoms with Crippen LogP contribution >= 0.6 is 23.2 Å². The van der Waals surface area contributed by atoms with E-state index in [1.54, 1.807) is 6.07 Å². The highest BCUT2D eigenvalue weighted by atomic mass is 35.5. The molecule has 0 amide bonds. The topological polar surface area (TPSA) is 54.5 Å². The maximum atomic E-state index is 5.99. The number of nitrogens with zero attached hydrogens (tertiary/aromatic N) is 3. The molecule has 1 aromatic heterocycles. The third-order valence-electron chi connectivity index (χ3n) is 1.77. The van der Waals surface area contributed by atoms with Crippen LogP contribution in [0.15, 0.2) is 18.2 Å². The largest absolute Gasteiger partial charge is 0.178 e. The molecule has 0 saturated carbocycles. The zero-order chi connectivity index (χ0) is 9.97. The second kappa shape index (κ2) is 3.94. The summed E-state index contributed by atoms with van der Waals surface area (Å²) in [5.41, 5.74) is 0.889. The first kappa shape index (κ1) is 9.43. The van der Waals surface area contributed by atoms with Crippen LogP contribution in [0.3, 0.4) is 0 Å². The van der Waals surface area contributed by atoms with Gasteiger partial charge in [0.25, 0.3) is 0 Å². The molecule has 0 bridgehead atoms. The lowest BCUT2D eigenvalue weighted by Crippen LogP contribution is -1.92. The van der Waals surface area contributed by atoms with E-state index in [9.17, 15) is 0 Å². The van der Waals surface area contributed by atoms with Gasteiger partial charge in [-0.05, 0) is 11.6 Å². The Balaban J connectivity index is 2.29. The molecule has 14 heavy (non-hydrogen) atoms. The molecule has 6 heteroatoms. The van der Waals surface area contributed by atoms with Crippen molar-refractivity contribution < 1.29 is 0 Å². The van der Waals surface area contributed by atoms with Gasteiger partial charge in [-0.3, -0.25) is 0 Å². The lowest BCUT2D eigenvalue weighted by Gasteiger charge is -2.01. The summed E-state index contributed by atoms with van der Waals surface area (Å²) < 4.78 is 0. The van der Waals surface area contributed by atoms with Crippen molar-refractivity contribution in [2.75, 3.05) is 0 Å². The van der Waals surface area contributed by atoms with Crippen molar-refractivity contribution >= 4 is 23.2 Å². The van der Waals surface area contributed by atoms with E-state index in [2.05, 4.69) is 20.6 Å². The molecule has 0 spiro atoms. The van der Waals surface area contributed by atoms with Crippen LogP contribution in [0.25, 0.3) is 0 Å². The fraction of sp³-hybridized carbons (Fsp3) is 0.125. The van der Waals surface area contributed by atoms with Gasteiger partial charge in [-0.2, -0.15) is 5.21 Å². The first-order chi connectivity index (χ1) is 6.77. The molecule has 4 nitrogen and oxygen atoms in total. The van der Waals surface area contributed by atoms with Crippen molar-refractivity contribution in [3.8, 4) is 0 Å². The molecule has 72 valence electrons. The average Bonchev–Trinajstić information content (AvgIpc) is 2.66. The number of hydrogen-bond donors (Lipinski definition) is 1. The molecule has 0 saturated heterocycles. The van der Waals surface area contributed by atoms with Gasteiger partial charge in [0.15, 0.2) is 5.82 Å². The van der Waals surface area contributed by atoms with E-state index in [1.165, 1.54) is 0 Å². The van der Waals surface area contributed by atoms with Gasteiger partial charge >= 0.3 is 0 Å². The summed E-state index contributed by atoms with van der Waals surface area (Å²) in [5, 5.41) is 14.6. The SMILES string of the molecule is Clc1cccc(Cc2nn[nH]n2)c1Cl. The molecule has 1 heterocycles. The summed E-state index contributed by atoms with van der Waals surface area (Å²) in [7, 11) is 0. The number of aromatic nitrogens is 4. The predicted molar refractivity (Wildman–Crippen MR) is 53.4 cm³/mol. The number of H-pyrrole nitrogens is 1. The van der Waals surface area contributed by atoms with E-state index in [-0.39, 0.29) is 0 Å². The predicted octanol–water partition coefficient (Wildman–Crippen LogP) is 2.10. The average molecular weight is 229 g/mol. The minimum Gasteiger partial charge on any atom is -0.177 e. The van der Waals surface area contributed by atoms with Crippen molar-refractivity contribution in [3.63, 3.8) is 0 Å². The van der Waals surface area contributed by atoms with Gasteiger partial charge in [-0.25, -0.2) is 0 Å². The first-order valence-electron chi connectivity index (χ1n) is 3.92. The minimum absolute atomic E-state index is 0.524. The summed E-state index contributed by atoms with van der Waals surface area (Å²) >= 11 is 11.8. The number of hydrogen-bond acceptors (Lipinski definition) is 3. The number of tetrazole rings is 1.